The highest BCUT2D eigenvalue weighted by atomic mass is 19.4. The number of rotatable bonds is 5. The number of nitrogens with zero attached hydrogens (tertiary/aromatic N) is 2. The van der Waals surface area contributed by atoms with Crippen LogP contribution < -0.4 is 10.2 Å². The minimum absolute atomic E-state index is 0.295. The third-order valence-electron chi connectivity index (χ3n) is 2.99. The lowest BCUT2D eigenvalue weighted by Crippen LogP contribution is -2.24. The van der Waals surface area contributed by atoms with E-state index in [4.69, 9.17) is 10.00 Å². The number of nitrogens with one attached hydrogen (secondary N) is 1. The number of benzene rings is 2. The van der Waals surface area contributed by atoms with Crippen molar-refractivity contribution >= 4 is 12.1 Å². The first-order valence-corrected chi connectivity index (χ1v) is 7.00. The number of amides is 1. The van der Waals surface area contributed by atoms with E-state index in [1.807, 2.05) is 6.07 Å². The molecule has 0 fully saturated rings. The van der Waals surface area contributed by atoms with Gasteiger partial charge in [0, 0.05) is 0 Å². The van der Waals surface area contributed by atoms with Crippen LogP contribution in [0.2, 0.25) is 0 Å². The van der Waals surface area contributed by atoms with Crippen molar-refractivity contribution in [3.63, 3.8) is 0 Å². The lowest BCUT2D eigenvalue weighted by atomic mass is 10.1. The fraction of sp³-hybridized carbons (Fsp3) is 0.118. The molecule has 0 saturated heterocycles. The van der Waals surface area contributed by atoms with E-state index in [2.05, 4.69) is 10.5 Å². The van der Waals surface area contributed by atoms with Crippen LogP contribution in [0.1, 0.15) is 16.7 Å². The predicted molar refractivity (Wildman–Crippen MR) is 83.8 cm³/mol. The molecule has 0 aliphatic carbocycles. The average molecular weight is 347 g/mol. The largest absolute Gasteiger partial charge is 0.484 e. The van der Waals surface area contributed by atoms with Gasteiger partial charge in [0.1, 0.15) is 5.75 Å². The van der Waals surface area contributed by atoms with Crippen molar-refractivity contribution in [1.82, 2.24) is 5.43 Å². The molecule has 2 aromatic rings. The van der Waals surface area contributed by atoms with Gasteiger partial charge in [-0.05, 0) is 42.0 Å². The monoisotopic (exact) mass is 347 g/mol. The Labute approximate surface area is 141 Å². The minimum Gasteiger partial charge on any atom is -0.484 e. The quantitative estimate of drug-likeness (QED) is 0.667. The molecule has 0 aliphatic rings. The first-order valence-electron chi connectivity index (χ1n) is 7.00. The number of alkyl halides is 3. The Balaban J connectivity index is 1.81. The summed E-state index contributed by atoms with van der Waals surface area (Å²) < 4.78 is 42.5. The summed E-state index contributed by atoms with van der Waals surface area (Å²) in [7, 11) is 0. The number of nitriles is 1. The summed E-state index contributed by atoms with van der Waals surface area (Å²) in [6.45, 7) is -0.295. The van der Waals surface area contributed by atoms with Gasteiger partial charge in [-0.3, -0.25) is 4.79 Å². The van der Waals surface area contributed by atoms with Gasteiger partial charge in [-0.2, -0.15) is 23.5 Å². The number of hydrogen-bond acceptors (Lipinski definition) is 4. The van der Waals surface area contributed by atoms with Gasteiger partial charge in [0.05, 0.1) is 23.4 Å². The van der Waals surface area contributed by atoms with Crippen LogP contribution in [-0.2, 0) is 11.0 Å². The molecular weight excluding hydrogens is 335 g/mol. The van der Waals surface area contributed by atoms with E-state index in [1.54, 1.807) is 24.3 Å². The maximum atomic E-state index is 12.4. The summed E-state index contributed by atoms with van der Waals surface area (Å²) in [6.07, 6.45) is -3.17. The second-order valence-corrected chi connectivity index (χ2v) is 4.84. The van der Waals surface area contributed by atoms with E-state index in [0.717, 1.165) is 12.1 Å². The van der Waals surface area contributed by atoms with Crippen molar-refractivity contribution in [3.05, 3.63) is 65.2 Å². The maximum Gasteiger partial charge on any atom is 0.416 e. The normalized spacial score (nSPS) is 11.1. The molecule has 0 aromatic heterocycles. The molecule has 0 bridgehead atoms. The zero-order chi connectivity index (χ0) is 18.3. The fourth-order valence-corrected chi connectivity index (χ4v) is 1.74. The summed E-state index contributed by atoms with van der Waals surface area (Å²) in [5, 5.41) is 12.3. The summed E-state index contributed by atoms with van der Waals surface area (Å²) in [4.78, 5) is 11.6. The Hall–Kier alpha value is -3.34. The van der Waals surface area contributed by atoms with Gasteiger partial charge in [0.15, 0.2) is 6.61 Å². The van der Waals surface area contributed by atoms with Gasteiger partial charge in [0.25, 0.3) is 5.91 Å². The molecule has 2 rings (SSSR count). The first kappa shape index (κ1) is 18.0. The second-order valence-electron chi connectivity index (χ2n) is 4.84. The lowest BCUT2D eigenvalue weighted by Gasteiger charge is -2.06. The zero-order valence-corrected chi connectivity index (χ0v) is 12.7. The van der Waals surface area contributed by atoms with Crippen LogP contribution in [0.3, 0.4) is 0 Å². The predicted octanol–water partition coefficient (Wildman–Crippen LogP) is 3.11. The Morgan fingerprint density at radius 1 is 1.16 bits per heavy atom. The molecule has 0 aliphatic heterocycles. The number of carbonyl (C=O) groups is 1. The van der Waals surface area contributed by atoms with Crippen molar-refractivity contribution in [2.45, 2.75) is 6.18 Å². The Kier molecular flexibility index (Phi) is 5.74. The standard InChI is InChI=1S/C17H12F3N3O2/c18-17(19,20)14-5-1-13(2-6-14)10-22-23-16(24)11-25-15-7-3-12(9-21)4-8-15/h1-8,10H,11H2,(H,23,24)/b22-10-. The molecule has 1 N–H and O–H groups in total. The molecule has 0 unspecified atom stereocenters. The Bertz CT molecular complexity index is 792. The average Bonchev–Trinajstić information content (AvgIpc) is 2.60. The first-order chi connectivity index (χ1) is 11.9. The van der Waals surface area contributed by atoms with Gasteiger partial charge in [-0.25, -0.2) is 5.43 Å². The molecule has 0 saturated carbocycles. The number of halogens is 3. The summed E-state index contributed by atoms with van der Waals surface area (Å²) >= 11 is 0. The topological polar surface area (TPSA) is 74.5 Å². The molecule has 0 atom stereocenters. The van der Waals surface area contributed by atoms with E-state index < -0.39 is 17.6 Å². The summed E-state index contributed by atoms with van der Waals surface area (Å²) in [5.41, 5.74) is 2.31. The molecule has 5 nitrogen and oxygen atoms in total. The molecule has 25 heavy (non-hydrogen) atoms. The van der Waals surface area contributed by atoms with Gasteiger partial charge in [0.2, 0.25) is 0 Å². The van der Waals surface area contributed by atoms with Crippen LogP contribution in [0.25, 0.3) is 0 Å². The highest BCUT2D eigenvalue weighted by molar-refractivity contribution is 5.82. The molecule has 2 aromatic carbocycles. The van der Waals surface area contributed by atoms with Gasteiger partial charge in [-0.15, -0.1) is 0 Å². The van der Waals surface area contributed by atoms with E-state index in [-0.39, 0.29) is 6.61 Å². The third kappa shape index (κ3) is 5.66. The molecule has 0 radical (unpaired) electrons. The Morgan fingerprint density at radius 2 is 1.80 bits per heavy atom. The number of hydrazone groups is 1. The highest BCUT2D eigenvalue weighted by Gasteiger charge is 2.29. The molecule has 0 spiro atoms. The van der Waals surface area contributed by atoms with Crippen LogP contribution in [0.15, 0.2) is 53.6 Å². The Morgan fingerprint density at radius 3 is 2.36 bits per heavy atom. The number of hydrogen-bond donors (Lipinski definition) is 1. The highest BCUT2D eigenvalue weighted by Crippen LogP contribution is 2.28. The van der Waals surface area contributed by atoms with Crippen molar-refractivity contribution in [2.75, 3.05) is 6.61 Å². The van der Waals surface area contributed by atoms with Crippen LogP contribution in [-0.4, -0.2) is 18.7 Å². The SMILES string of the molecule is N#Cc1ccc(OCC(=O)N/N=C\c2ccc(C(F)(F)F)cc2)cc1. The minimum atomic E-state index is -4.40. The number of ether oxygens (including phenoxy) is 1. The van der Waals surface area contributed by atoms with Gasteiger partial charge in [-0.1, -0.05) is 12.1 Å². The van der Waals surface area contributed by atoms with Crippen molar-refractivity contribution in [3.8, 4) is 11.8 Å². The maximum absolute atomic E-state index is 12.4. The summed E-state index contributed by atoms with van der Waals surface area (Å²) in [5.74, 6) is -0.117. The van der Waals surface area contributed by atoms with Crippen LogP contribution in [0.4, 0.5) is 13.2 Å². The van der Waals surface area contributed by atoms with E-state index >= 15 is 0 Å². The van der Waals surface area contributed by atoms with E-state index in [9.17, 15) is 18.0 Å². The van der Waals surface area contributed by atoms with Gasteiger partial charge >= 0.3 is 6.18 Å². The van der Waals surface area contributed by atoms with E-state index in [1.165, 1.54) is 18.3 Å². The van der Waals surface area contributed by atoms with Crippen LogP contribution in [0.5, 0.6) is 5.75 Å². The van der Waals surface area contributed by atoms with Gasteiger partial charge < -0.3 is 4.74 Å². The molecular formula is C17H12F3N3O2. The molecule has 128 valence electrons. The van der Waals surface area contributed by atoms with Crippen LogP contribution in [0, 0.1) is 11.3 Å². The molecule has 8 heteroatoms. The summed E-state index contributed by atoms with van der Waals surface area (Å²) in [6, 6.07) is 12.5. The van der Waals surface area contributed by atoms with Crippen LogP contribution >= 0.6 is 0 Å². The van der Waals surface area contributed by atoms with Crippen molar-refractivity contribution in [1.29, 1.82) is 5.26 Å². The smallest absolute Gasteiger partial charge is 0.416 e. The van der Waals surface area contributed by atoms with E-state index in [0.29, 0.717) is 16.9 Å². The fourth-order valence-electron chi connectivity index (χ4n) is 1.74. The number of carbonyl (C=O) groups excluding carboxylic acids is 1. The van der Waals surface area contributed by atoms with Crippen molar-refractivity contribution in [2.24, 2.45) is 5.10 Å². The second kappa shape index (κ2) is 7.97. The third-order valence-corrected chi connectivity index (χ3v) is 2.99. The molecule has 0 heterocycles. The van der Waals surface area contributed by atoms with Crippen molar-refractivity contribution < 1.29 is 22.7 Å². The lowest BCUT2D eigenvalue weighted by molar-refractivity contribution is -0.137. The molecule has 1 amide bonds. The zero-order valence-electron chi connectivity index (χ0n) is 12.7.